The number of ether oxygens (including phenoxy) is 1. The molecule has 0 spiro atoms. The topological polar surface area (TPSA) is 27.1 Å². The molecule has 1 aromatic heterocycles. The van der Waals surface area contributed by atoms with Gasteiger partial charge in [0.15, 0.2) is 0 Å². The zero-order valence-electron chi connectivity index (χ0n) is 11.0. The van der Waals surface area contributed by atoms with Crippen LogP contribution in [-0.2, 0) is 0 Å². The monoisotopic (exact) mass is 284 g/mol. The number of hydrogen-bond acceptors (Lipinski definition) is 2. The molecule has 0 fully saturated rings. The van der Waals surface area contributed by atoms with E-state index in [2.05, 4.69) is 4.98 Å². The summed E-state index contributed by atoms with van der Waals surface area (Å²) in [5.41, 5.74) is 1.96. The third-order valence-corrected chi connectivity index (χ3v) is 3.35. The van der Waals surface area contributed by atoms with Crippen molar-refractivity contribution in [1.29, 1.82) is 0 Å². The molecule has 100 valence electrons. The Balaban J connectivity index is 2.13. The van der Waals surface area contributed by atoms with Crippen molar-refractivity contribution in [3.8, 4) is 22.8 Å². The minimum Gasteiger partial charge on any atom is -0.496 e. The largest absolute Gasteiger partial charge is 0.496 e. The second-order valence-electron chi connectivity index (χ2n) is 4.30. The molecule has 2 aromatic carbocycles. The van der Waals surface area contributed by atoms with Crippen molar-refractivity contribution in [1.82, 2.24) is 9.55 Å². The van der Waals surface area contributed by atoms with Crippen LogP contribution in [0.15, 0.2) is 60.9 Å². The third kappa shape index (κ3) is 2.28. The number of nitrogens with zero attached hydrogens (tertiary/aromatic N) is 2. The molecule has 0 unspecified atom stereocenters. The quantitative estimate of drug-likeness (QED) is 0.721. The van der Waals surface area contributed by atoms with E-state index in [1.54, 1.807) is 13.3 Å². The van der Waals surface area contributed by atoms with Gasteiger partial charge >= 0.3 is 0 Å². The lowest BCUT2D eigenvalue weighted by molar-refractivity contribution is 0.416. The van der Waals surface area contributed by atoms with Gasteiger partial charge in [0.2, 0.25) is 0 Å². The highest BCUT2D eigenvalue weighted by molar-refractivity contribution is 6.30. The average Bonchev–Trinajstić information content (AvgIpc) is 2.97. The number of imidazole rings is 1. The first kappa shape index (κ1) is 12.8. The molecule has 3 nitrogen and oxygen atoms in total. The van der Waals surface area contributed by atoms with Crippen LogP contribution in [0, 0.1) is 0 Å². The van der Waals surface area contributed by atoms with E-state index >= 15 is 0 Å². The Morgan fingerprint density at radius 1 is 1.05 bits per heavy atom. The van der Waals surface area contributed by atoms with Crippen LogP contribution in [0.1, 0.15) is 0 Å². The lowest BCUT2D eigenvalue weighted by Gasteiger charge is -2.11. The predicted octanol–water partition coefficient (Wildman–Crippen LogP) is 4.20. The number of aromatic nitrogens is 2. The van der Waals surface area contributed by atoms with E-state index < -0.39 is 0 Å². The maximum atomic E-state index is 5.93. The number of benzene rings is 2. The van der Waals surface area contributed by atoms with E-state index in [4.69, 9.17) is 16.3 Å². The zero-order valence-corrected chi connectivity index (χ0v) is 11.7. The zero-order chi connectivity index (χ0) is 13.9. The Kier molecular flexibility index (Phi) is 3.44. The number of hydrogen-bond donors (Lipinski definition) is 0. The van der Waals surface area contributed by atoms with Crippen molar-refractivity contribution in [2.24, 2.45) is 0 Å². The molecule has 3 rings (SSSR count). The second kappa shape index (κ2) is 5.39. The highest BCUT2D eigenvalue weighted by Crippen LogP contribution is 2.30. The molecule has 0 saturated carbocycles. The van der Waals surface area contributed by atoms with E-state index in [-0.39, 0.29) is 0 Å². The van der Waals surface area contributed by atoms with Gasteiger partial charge in [-0.3, -0.25) is 4.57 Å². The Morgan fingerprint density at radius 3 is 2.55 bits per heavy atom. The fraction of sp³-hybridized carbons (Fsp3) is 0.0625. The van der Waals surface area contributed by atoms with Crippen molar-refractivity contribution in [2.45, 2.75) is 0 Å². The summed E-state index contributed by atoms with van der Waals surface area (Å²) in [6, 6.07) is 15.5. The number of rotatable bonds is 3. The molecule has 0 amide bonds. The van der Waals surface area contributed by atoms with Gasteiger partial charge in [0.25, 0.3) is 0 Å². The summed E-state index contributed by atoms with van der Waals surface area (Å²) in [5, 5.41) is 0.715. The molecule has 0 aliphatic heterocycles. The maximum Gasteiger partial charge on any atom is 0.148 e. The standard InChI is InChI=1S/C16H13ClN2O/c1-20-15-5-3-2-4-14(15)16-18-10-11-19(16)13-8-6-12(17)7-9-13/h2-11H,1H3. The van der Waals surface area contributed by atoms with Gasteiger partial charge in [-0.25, -0.2) is 4.98 Å². The van der Waals surface area contributed by atoms with Crippen LogP contribution in [0.4, 0.5) is 0 Å². The molecule has 1 heterocycles. The van der Waals surface area contributed by atoms with E-state index in [1.165, 1.54) is 0 Å². The van der Waals surface area contributed by atoms with Gasteiger partial charge in [-0.05, 0) is 36.4 Å². The summed E-state index contributed by atoms with van der Waals surface area (Å²) in [4.78, 5) is 4.44. The Labute approximate surface area is 122 Å². The first-order valence-electron chi connectivity index (χ1n) is 6.22. The Bertz CT molecular complexity index is 719. The molecule has 0 aliphatic carbocycles. The van der Waals surface area contributed by atoms with Gasteiger partial charge in [-0.1, -0.05) is 23.7 Å². The normalized spacial score (nSPS) is 10.5. The lowest BCUT2D eigenvalue weighted by atomic mass is 10.2. The average molecular weight is 285 g/mol. The molecule has 20 heavy (non-hydrogen) atoms. The van der Waals surface area contributed by atoms with Gasteiger partial charge in [0.05, 0.1) is 12.7 Å². The van der Waals surface area contributed by atoms with Crippen molar-refractivity contribution >= 4 is 11.6 Å². The molecule has 0 bridgehead atoms. The molecule has 3 aromatic rings. The number of halogens is 1. The van der Waals surface area contributed by atoms with Gasteiger partial charge in [-0.15, -0.1) is 0 Å². The van der Waals surface area contributed by atoms with Crippen molar-refractivity contribution < 1.29 is 4.74 Å². The Morgan fingerprint density at radius 2 is 1.80 bits per heavy atom. The molecule has 0 radical (unpaired) electrons. The Hall–Kier alpha value is -2.26. The van der Waals surface area contributed by atoms with Crippen LogP contribution < -0.4 is 4.74 Å². The summed E-state index contributed by atoms with van der Waals surface area (Å²) in [6.07, 6.45) is 3.70. The first-order chi connectivity index (χ1) is 9.79. The van der Waals surface area contributed by atoms with Crippen molar-refractivity contribution in [3.63, 3.8) is 0 Å². The van der Waals surface area contributed by atoms with Crippen LogP contribution in [0.2, 0.25) is 5.02 Å². The highest BCUT2D eigenvalue weighted by Gasteiger charge is 2.11. The molecular formula is C16H13ClN2O. The highest BCUT2D eigenvalue weighted by atomic mass is 35.5. The summed E-state index contributed by atoms with van der Waals surface area (Å²) < 4.78 is 7.41. The van der Waals surface area contributed by atoms with Crippen molar-refractivity contribution in [3.05, 3.63) is 65.9 Å². The molecule has 0 saturated heterocycles. The number of para-hydroxylation sites is 1. The molecule has 0 atom stereocenters. The van der Waals surface area contributed by atoms with Gasteiger partial charge in [-0.2, -0.15) is 0 Å². The van der Waals surface area contributed by atoms with Gasteiger partial charge in [0.1, 0.15) is 11.6 Å². The van der Waals surface area contributed by atoms with Crippen LogP contribution in [0.5, 0.6) is 5.75 Å². The first-order valence-corrected chi connectivity index (χ1v) is 6.60. The predicted molar refractivity (Wildman–Crippen MR) is 80.6 cm³/mol. The minimum atomic E-state index is 0.715. The van der Waals surface area contributed by atoms with Crippen LogP contribution >= 0.6 is 11.6 Å². The van der Waals surface area contributed by atoms with Crippen LogP contribution in [-0.4, -0.2) is 16.7 Å². The van der Waals surface area contributed by atoms with E-state index in [0.29, 0.717) is 5.02 Å². The molecular weight excluding hydrogens is 272 g/mol. The van der Waals surface area contributed by atoms with E-state index in [1.807, 2.05) is 59.3 Å². The van der Waals surface area contributed by atoms with E-state index in [0.717, 1.165) is 22.8 Å². The third-order valence-electron chi connectivity index (χ3n) is 3.09. The molecule has 0 aliphatic rings. The summed E-state index contributed by atoms with van der Waals surface area (Å²) in [5.74, 6) is 1.64. The summed E-state index contributed by atoms with van der Waals surface area (Å²) >= 11 is 5.93. The summed E-state index contributed by atoms with van der Waals surface area (Å²) in [6.45, 7) is 0. The molecule has 0 N–H and O–H groups in total. The molecule has 4 heteroatoms. The SMILES string of the molecule is COc1ccccc1-c1nccn1-c1ccc(Cl)cc1. The lowest BCUT2D eigenvalue weighted by Crippen LogP contribution is -1.97. The van der Waals surface area contributed by atoms with Gasteiger partial charge in [0, 0.05) is 23.1 Å². The number of methoxy groups -OCH3 is 1. The maximum absolute atomic E-state index is 5.93. The minimum absolute atomic E-state index is 0.715. The smallest absolute Gasteiger partial charge is 0.148 e. The summed E-state index contributed by atoms with van der Waals surface area (Å²) in [7, 11) is 1.66. The fourth-order valence-electron chi connectivity index (χ4n) is 2.14. The van der Waals surface area contributed by atoms with E-state index in [9.17, 15) is 0 Å². The van der Waals surface area contributed by atoms with Crippen LogP contribution in [0.3, 0.4) is 0 Å². The van der Waals surface area contributed by atoms with Crippen molar-refractivity contribution in [2.75, 3.05) is 7.11 Å². The van der Waals surface area contributed by atoms with Gasteiger partial charge < -0.3 is 4.74 Å². The second-order valence-corrected chi connectivity index (χ2v) is 4.73. The van der Waals surface area contributed by atoms with Crippen LogP contribution in [0.25, 0.3) is 17.1 Å². The fourth-order valence-corrected chi connectivity index (χ4v) is 2.27.